The number of nitrogens with two attached hydrogens (primary N) is 1. The highest BCUT2D eigenvalue weighted by molar-refractivity contribution is 7.99. The minimum atomic E-state index is 0.160. The highest BCUT2D eigenvalue weighted by Gasteiger charge is 1.95. The molecule has 0 amide bonds. The Labute approximate surface area is 170 Å². The zero-order valence-electron chi connectivity index (χ0n) is 17.4. The zero-order valence-corrected chi connectivity index (χ0v) is 19.3. The lowest BCUT2D eigenvalue weighted by molar-refractivity contribution is 0.272. The van der Waals surface area contributed by atoms with Crippen molar-refractivity contribution in [2.45, 2.75) is 103 Å². The van der Waals surface area contributed by atoms with Gasteiger partial charge in [0.25, 0.3) is 0 Å². The number of hydrogen-bond donors (Lipinski definition) is 1. The Morgan fingerprint density at radius 1 is 0.615 bits per heavy atom. The number of unbranched alkanes of at least 4 members (excludes halogenated alkanes) is 13. The predicted octanol–water partition coefficient (Wildman–Crippen LogP) is 7.09. The van der Waals surface area contributed by atoms with E-state index < -0.39 is 0 Å². The SMILES string of the molecule is CCCCCCCCCCCCCCCCSCCCOPOCCN. The van der Waals surface area contributed by atoms with E-state index >= 15 is 0 Å². The van der Waals surface area contributed by atoms with Crippen molar-refractivity contribution >= 4 is 20.8 Å². The molecule has 26 heavy (non-hydrogen) atoms. The van der Waals surface area contributed by atoms with Crippen LogP contribution in [-0.2, 0) is 9.05 Å². The Kier molecular flexibility index (Phi) is 26.3. The highest BCUT2D eigenvalue weighted by atomic mass is 32.2. The maximum Gasteiger partial charge on any atom is 0.155 e. The van der Waals surface area contributed by atoms with Gasteiger partial charge in [0.05, 0.1) is 13.2 Å². The second-order valence-electron chi connectivity index (χ2n) is 7.13. The summed E-state index contributed by atoms with van der Waals surface area (Å²) >= 11 is 2.07. The second-order valence-corrected chi connectivity index (χ2v) is 9.10. The Bertz CT molecular complexity index is 224. The fraction of sp³-hybridized carbons (Fsp3) is 1.00. The van der Waals surface area contributed by atoms with Crippen LogP contribution in [0, 0.1) is 0 Å². The van der Waals surface area contributed by atoms with E-state index in [4.69, 9.17) is 14.8 Å². The van der Waals surface area contributed by atoms with Crippen molar-refractivity contribution in [1.29, 1.82) is 0 Å². The Morgan fingerprint density at radius 3 is 1.62 bits per heavy atom. The number of rotatable bonds is 23. The second kappa shape index (κ2) is 25.7. The normalized spacial score (nSPS) is 11.8. The molecular weight excluding hydrogens is 361 g/mol. The standard InChI is InChI=1S/C21H46NO2PS/c1-2-3-4-5-6-7-8-9-10-11-12-13-14-15-20-26-21-16-18-23-25-24-19-17-22/h25H,2-22H2,1H3. The van der Waals surface area contributed by atoms with Gasteiger partial charge < -0.3 is 14.8 Å². The molecule has 1 unspecified atom stereocenters. The summed E-state index contributed by atoms with van der Waals surface area (Å²) in [5.74, 6) is 2.52. The predicted molar refractivity (Wildman–Crippen MR) is 122 cm³/mol. The third kappa shape index (κ3) is 24.7. The van der Waals surface area contributed by atoms with Gasteiger partial charge in [-0.2, -0.15) is 11.8 Å². The van der Waals surface area contributed by atoms with Gasteiger partial charge in [-0.3, -0.25) is 0 Å². The third-order valence-electron chi connectivity index (χ3n) is 4.52. The molecule has 0 aromatic carbocycles. The summed E-state index contributed by atoms with van der Waals surface area (Å²) in [5, 5.41) is 0. The molecule has 0 aliphatic carbocycles. The van der Waals surface area contributed by atoms with Gasteiger partial charge in [-0.1, -0.05) is 90.4 Å². The molecule has 1 atom stereocenters. The quantitative estimate of drug-likeness (QED) is 0.145. The minimum Gasteiger partial charge on any atom is -0.336 e. The summed E-state index contributed by atoms with van der Waals surface area (Å²) in [6.45, 7) is 4.28. The summed E-state index contributed by atoms with van der Waals surface area (Å²) < 4.78 is 10.6. The van der Waals surface area contributed by atoms with Crippen molar-refractivity contribution in [2.24, 2.45) is 5.73 Å². The molecule has 0 fully saturated rings. The van der Waals surface area contributed by atoms with E-state index in [1.54, 1.807) is 0 Å². The molecule has 158 valence electrons. The maximum atomic E-state index is 5.40. The van der Waals surface area contributed by atoms with Gasteiger partial charge in [0.2, 0.25) is 0 Å². The molecule has 3 nitrogen and oxygen atoms in total. The van der Waals surface area contributed by atoms with Gasteiger partial charge in [0.1, 0.15) is 0 Å². The number of hydrogen-bond acceptors (Lipinski definition) is 4. The van der Waals surface area contributed by atoms with E-state index in [9.17, 15) is 0 Å². The van der Waals surface area contributed by atoms with Crippen LogP contribution in [0.5, 0.6) is 0 Å². The first-order valence-corrected chi connectivity index (χ1v) is 13.1. The summed E-state index contributed by atoms with van der Waals surface area (Å²) in [5.41, 5.74) is 5.34. The van der Waals surface area contributed by atoms with Crippen molar-refractivity contribution in [2.75, 3.05) is 31.3 Å². The molecule has 0 rings (SSSR count). The first-order valence-electron chi connectivity index (χ1n) is 11.2. The van der Waals surface area contributed by atoms with Gasteiger partial charge in [0.15, 0.2) is 9.03 Å². The van der Waals surface area contributed by atoms with Crippen molar-refractivity contribution in [3.05, 3.63) is 0 Å². The average Bonchev–Trinajstić information content (AvgIpc) is 2.66. The molecule has 0 heterocycles. The van der Waals surface area contributed by atoms with Crippen LogP contribution in [0.2, 0.25) is 0 Å². The zero-order chi connectivity index (χ0) is 19.0. The highest BCUT2D eigenvalue weighted by Crippen LogP contribution is 2.16. The fourth-order valence-electron chi connectivity index (χ4n) is 2.92. The van der Waals surface area contributed by atoms with Gasteiger partial charge >= 0.3 is 0 Å². The molecule has 0 aromatic rings. The average molecular weight is 408 g/mol. The van der Waals surface area contributed by atoms with E-state index in [1.807, 2.05) is 0 Å². The lowest BCUT2D eigenvalue weighted by Crippen LogP contribution is -2.04. The maximum absolute atomic E-state index is 5.40. The molecule has 0 bridgehead atoms. The summed E-state index contributed by atoms with van der Waals surface area (Å²) in [6, 6.07) is 0. The minimum absolute atomic E-state index is 0.160. The molecule has 0 saturated carbocycles. The molecule has 0 aliphatic rings. The molecule has 0 saturated heterocycles. The van der Waals surface area contributed by atoms with E-state index in [0.717, 1.165) is 13.0 Å². The smallest absolute Gasteiger partial charge is 0.155 e. The van der Waals surface area contributed by atoms with Gasteiger partial charge in [0, 0.05) is 6.54 Å². The Morgan fingerprint density at radius 2 is 1.08 bits per heavy atom. The summed E-state index contributed by atoms with van der Waals surface area (Å²) in [7, 11) is 0.160. The molecule has 2 N–H and O–H groups in total. The van der Waals surface area contributed by atoms with E-state index in [1.165, 1.54) is 101 Å². The largest absolute Gasteiger partial charge is 0.336 e. The topological polar surface area (TPSA) is 44.5 Å². The van der Waals surface area contributed by atoms with Crippen molar-refractivity contribution in [3.63, 3.8) is 0 Å². The van der Waals surface area contributed by atoms with Gasteiger partial charge in [-0.05, 0) is 24.3 Å². The fourth-order valence-corrected chi connectivity index (χ4v) is 4.36. The van der Waals surface area contributed by atoms with Crippen molar-refractivity contribution < 1.29 is 9.05 Å². The van der Waals surface area contributed by atoms with Crippen LogP contribution in [0.15, 0.2) is 0 Å². The van der Waals surface area contributed by atoms with Gasteiger partial charge in [-0.25, -0.2) is 0 Å². The molecular formula is C21H46NO2PS. The lowest BCUT2D eigenvalue weighted by atomic mass is 10.0. The van der Waals surface area contributed by atoms with E-state index in [0.29, 0.717) is 13.2 Å². The molecule has 0 radical (unpaired) electrons. The Balaban J connectivity index is 2.95. The van der Waals surface area contributed by atoms with Gasteiger partial charge in [-0.15, -0.1) is 0 Å². The van der Waals surface area contributed by atoms with Crippen LogP contribution >= 0.6 is 20.8 Å². The monoisotopic (exact) mass is 407 g/mol. The summed E-state index contributed by atoms with van der Waals surface area (Å²) in [6.07, 6.45) is 21.3. The van der Waals surface area contributed by atoms with Crippen molar-refractivity contribution in [1.82, 2.24) is 0 Å². The van der Waals surface area contributed by atoms with E-state index in [-0.39, 0.29) is 9.03 Å². The van der Waals surface area contributed by atoms with Crippen LogP contribution in [0.1, 0.15) is 103 Å². The van der Waals surface area contributed by atoms with Crippen LogP contribution in [0.3, 0.4) is 0 Å². The first kappa shape index (κ1) is 26.7. The van der Waals surface area contributed by atoms with Crippen LogP contribution < -0.4 is 5.73 Å². The summed E-state index contributed by atoms with van der Waals surface area (Å²) in [4.78, 5) is 0. The molecule has 0 aliphatic heterocycles. The number of thioether (sulfide) groups is 1. The van der Waals surface area contributed by atoms with Crippen molar-refractivity contribution in [3.8, 4) is 0 Å². The first-order chi connectivity index (χ1) is 12.9. The van der Waals surface area contributed by atoms with Crippen LogP contribution in [0.25, 0.3) is 0 Å². The van der Waals surface area contributed by atoms with Crippen LogP contribution in [0.4, 0.5) is 0 Å². The third-order valence-corrected chi connectivity index (χ3v) is 6.31. The molecule has 0 spiro atoms. The molecule has 0 aromatic heterocycles. The molecule has 5 heteroatoms. The Hall–Kier alpha value is 0.660. The van der Waals surface area contributed by atoms with E-state index in [2.05, 4.69) is 18.7 Å². The lowest BCUT2D eigenvalue weighted by Gasteiger charge is -2.05. The van der Waals surface area contributed by atoms with Crippen LogP contribution in [-0.4, -0.2) is 31.3 Å².